The summed E-state index contributed by atoms with van der Waals surface area (Å²) < 4.78 is 0. The molecule has 0 bridgehead atoms. The quantitative estimate of drug-likeness (QED) is 0.161. The van der Waals surface area contributed by atoms with E-state index in [0.717, 1.165) is 33.4 Å². The third-order valence-corrected chi connectivity index (χ3v) is 11.5. The van der Waals surface area contributed by atoms with E-state index in [-0.39, 0.29) is 0 Å². The van der Waals surface area contributed by atoms with Gasteiger partial charge in [0.1, 0.15) is 22.8 Å². The highest BCUT2D eigenvalue weighted by Crippen LogP contribution is 2.63. The van der Waals surface area contributed by atoms with Crippen LogP contribution in [-0.4, -0.2) is 49.8 Å². The Labute approximate surface area is 349 Å². The van der Waals surface area contributed by atoms with Crippen molar-refractivity contribution in [2.75, 3.05) is 0 Å². The Morgan fingerprint density at radius 2 is 0.574 bits per heavy atom. The van der Waals surface area contributed by atoms with Gasteiger partial charge in [-0.05, 0) is 105 Å². The van der Waals surface area contributed by atoms with E-state index >= 15 is 0 Å². The molecule has 0 aliphatic heterocycles. The molecular formula is C51H30N10. The highest BCUT2D eigenvalue weighted by molar-refractivity contribution is 5.96. The van der Waals surface area contributed by atoms with Gasteiger partial charge in [-0.15, -0.1) is 0 Å². The molecule has 2 aliphatic carbocycles. The van der Waals surface area contributed by atoms with Crippen molar-refractivity contribution in [2.24, 2.45) is 0 Å². The average molecular weight is 783 g/mol. The molecule has 10 aromatic rings. The van der Waals surface area contributed by atoms with Gasteiger partial charge >= 0.3 is 0 Å². The second-order valence-electron chi connectivity index (χ2n) is 14.8. The lowest BCUT2D eigenvalue weighted by atomic mass is 9.70. The van der Waals surface area contributed by atoms with Gasteiger partial charge in [-0.2, -0.15) is 0 Å². The van der Waals surface area contributed by atoms with E-state index in [0.29, 0.717) is 57.7 Å². The third-order valence-electron chi connectivity index (χ3n) is 11.5. The molecule has 61 heavy (non-hydrogen) atoms. The Balaban J connectivity index is 1.10. The molecule has 0 atom stereocenters. The van der Waals surface area contributed by atoms with Crippen LogP contribution in [0, 0.1) is 0 Å². The zero-order valence-electron chi connectivity index (χ0n) is 32.3. The fraction of sp³-hybridized carbons (Fsp3) is 0.0196. The Kier molecular flexibility index (Phi) is 7.82. The average Bonchev–Trinajstić information content (AvgIpc) is 3.81. The molecular weight excluding hydrogens is 753 g/mol. The molecule has 10 nitrogen and oxygen atoms in total. The van der Waals surface area contributed by atoms with Crippen LogP contribution in [0.4, 0.5) is 0 Å². The summed E-state index contributed by atoms with van der Waals surface area (Å²) >= 11 is 0. The summed E-state index contributed by atoms with van der Waals surface area (Å²) in [6.45, 7) is 0. The van der Waals surface area contributed by atoms with Crippen molar-refractivity contribution in [3.05, 3.63) is 205 Å². The molecule has 4 aromatic carbocycles. The third kappa shape index (κ3) is 5.50. The van der Waals surface area contributed by atoms with Crippen LogP contribution in [0.15, 0.2) is 183 Å². The molecule has 6 heterocycles. The number of fused-ring (bicyclic) bond motifs is 10. The van der Waals surface area contributed by atoms with E-state index in [4.69, 9.17) is 29.9 Å². The summed E-state index contributed by atoms with van der Waals surface area (Å²) in [5.41, 5.74) is 12.9. The second kappa shape index (κ2) is 13.8. The van der Waals surface area contributed by atoms with Crippen molar-refractivity contribution >= 4 is 0 Å². The highest BCUT2D eigenvalue weighted by Gasteiger charge is 2.52. The van der Waals surface area contributed by atoms with E-state index in [2.05, 4.69) is 105 Å². The summed E-state index contributed by atoms with van der Waals surface area (Å²) in [6.07, 6.45) is 6.98. The Bertz CT molecular complexity index is 2970. The maximum Gasteiger partial charge on any atom is 0.182 e. The monoisotopic (exact) mass is 782 g/mol. The van der Waals surface area contributed by atoms with Crippen molar-refractivity contribution in [3.8, 4) is 91.1 Å². The van der Waals surface area contributed by atoms with E-state index in [1.165, 1.54) is 22.3 Å². The van der Waals surface area contributed by atoms with Crippen molar-refractivity contribution in [1.29, 1.82) is 0 Å². The first-order chi connectivity index (χ1) is 30.2. The standard InChI is InChI=1S/C51H30N10/c1-3-15-37-33(13-1)34-14-2-4-16-38(34)51(37)39-29-31(45-56-47(41-17-5-9-25-52-41)60-48(57-45)42-18-6-10-26-53-42)21-23-35(39)36-24-22-32(30-40(36)51)46-58-49(43-19-7-11-27-54-43)61-50(59-46)44-20-8-12-28-55-44/h1-30H. The van der Waals surface area contributed by atoms with Gasteiger partial charge in [0.15, 0.2) is 34.9 Å². The number of pyridine rings is 4. The van der Waals surface area contributed by atoms with Crippen LogP contribution in [0.1, 0.15) is 22.3 Å². The van der Waals surface area contributed by atoms with Crippen LogP contribution in [-0.2, 0) is 5.41 Å². The molecule has 0 saturated carbocycles. The molecule has 0 saturated heterocycles. The minimum absolute atomic E-state index is 0.471. The van der Waals surface area contributed by atoms with Gasteiger partial charge in [0.05, 0.1) is 5.41 Å². The SMILES string of the molecule is c1ccc(-c2nc(-c3ccc4c(c3)C3(c5ccccc5-c5ccccc53)c3cc(-c5nc(-c6ccccn6)nc(-c6ccccn6)n5)ccc3-4)nc(-c3ccccn3)n2)nc1. The lowest BCUT2D eigenvalue weighted by molar-refractivity contribution is 0.794. The molecule has 0 radical (unpaired) electrons. The summed E-state index contributed by atoms with van der Waals surface area (Å²) in [7, 11) is 0. The van der Waals surface area contributed by atoms with E-state index in [9.17, 15) is 0 Å². The number of benzene rings is 4. The van der Waals surface area contributed by atoms with Crippen LogP contribution in [0.2, 0.25) is 0 Å². The molecule has 0 N–H and O–H groups in total. The zero-order chi connectivity index (χ0) is 40.3. The predicted octanol–water partition coefficient (Wildman–Crippen LogP) is 9.98. The summed E-state index contributed by atoms with van der Waals surface area (Å²) in [6, 6.07) is 53.5. The largest absolute Gasteiger partial charge is 0.253 e. The van der Waals surface area contributed by atoms with Crippen molar-refractivity contribution in [3.63, 3.8) is 0 Å². The van der Waals surface area contributed by atoms with E-state index < -0.39 is 5.41 Å². The summed E-state index contributed by atoms with van der Waals surface area (Å²) in [5.74, 6) is 2.94. The van der Waals surface area contributed by atoms with Gasteiger partial charge in [0.25, 0.3) is 0 Å². The van der Waals surface area contributed by atoms with Gasteiger partial charge in [-0.25, -0.2) is 29.9 Å². The maximum absolute atomic E-state index is 5.05. The Morgan fingerprint density at radius 3 is 0.918 bits per heavy atom. The fourth-order valence-electron chi connectivity index (χ4n) is 8.87. The normalized spacial score (nSPS) is 12.7. The first-order valence-electron chi connectivity index (χ1n) is 19.9. The molecule has 2 aliphatic rings. The van der Waals surface area contributed by atoms with Crippen LogP contribution >= 0.6 is 0 Å². The van der Waals surface area contributed by atoms with Crippen molar-refractivity contribution in [2.45, 2.75) is 5.41 Å². The number of hydrogen-bond donors (Lipinski definition) is 0. The zero-order valence-corrected chi connectivity index (χ0v) is 32.3. The van der Waals surface area contributed by atoms with Crippen LogP contribution < -0.4 is 0 Å². The van der Waals surface area contributed by atoms with Crippen molar-refractivity contribution < 1.29 is 0 Å². The Morgan fingerprint density at radius 1 is 0.262 bits per heavy atom. The van der Waals surface area contributed by atoms with E-state index in [1.807, 2.05) is 72.8 Å². The molecule has 0 unspecified atom stereocenters. The highest BCUT2D eigenvalue weighted by atomic mass is 15.1. The lowest BCUT2D eigenvalue weighted by Crippen LogP contribution is -2.26. The Hall–Kier alpha value is -8.50. The summed E-state index contributed by atoms with van der Waals surface area (Å²) in [4.78, 5) is 48.3. The van der Waals surface area contributed by atoms with Gasteiger partial charge in [-0.3, -0.25) is 19.9 Å². The van der Waals surface area contributed by atoms with Crippen LogP contribution in [0.25, 0.3) is 91.1 Å². The lowest BCUT2D eigenvalue weighted by Gasteiger charge is -2.31. The number of nitrogens with zero attached hydrogens (tertiary/aromatic N) is 10. The number of hydrogen-bond acceptors (Lipinski definition) is 10. The topological polar surface area (TPSA) is 129 Å². The second-order valence-corrected chi connectivity index (χ2v) is 14.8. The minimum atomic E-state index is -0.689. The first-order valence-corrected chi connectivity index (χ1v) is 19.9. The molecule has 1 spiro atoms. The van der Waals surface area contributed by atoms with Gasteiger partial charge in [0.2, 0.25) is 0 Å². The molecule has 6 aromatic heterocycles. The number of aromatic nitrogens is 10. The van der Waals surface area contributed by atoms with Gasteiger partial charge in [-0.1, -0.05) is 97.1 Å². The van der Waals surface area contributed by atoms with Crippen LogP contribution in [0.5, 0.6) is 0 Å². The van der Waals surface area contributed by atoms with Crippen molar-refractivity contribution in [1.82, 2.24) is 49.8 Å². The molecule has 10 heteroatoms. The maximum atomic E-state index is 5.05. The van der Waals surface area contributed by atoms with Gasteiger partial charge < -0.3 is 0 Å². The molecule has 12 rings (SSSR count). The fourth-order valence-corrected chi connectivity index (χ4v) is 8.87. The molecule has 0 amide bonds. The molecule has 0 fully saturated rings. The molecule has 284 valence electrons. The van der Waals surface area contributed by atoms with Crippen LogP contribution in [0.3, 0.4) is 0 Å². The smallest absolute Gasteiger partial charge is 0.182 e. The van der Waals surface area contributed by atoms with Gasteiger partial charge in [0, 0.05) is 35.9 Å². The minimum Gasteiger partial charge on any atom is -0.253 e. The van der Waals surface area contributed by atoms with E-state index in [1.54, 1.807) is 24.8 Å². The predicted molar refractivity (Wildman–Crippen MR) is 233 cm³/mol. The summed E-state index contributed by atoms with van der Waals surface area (Å²) in [5, 5.41) is 0. The first kappa shape index (κ1) is 34.5. The number of rotatable bonds is 6.